The first kappa shape index (κ1) is 13.3. The predicted molar refractivity (Wildman–Crippen MR) is 65.9 cm³/mol. The lowest BCUT2D eigenvalue weighted by molar-refractivity contribution is 0.253. The summed E-state index contributed by atoms with van der Waals surface area (Å²) < 4.78 is 5.49. The van der Waals surface area contributed by atoms with Crippen molar-refractivity contribution in [1.82, 2.24) is 0 Å². The van der Waals surface area contributed by atoms with Crippen molar-refractivity contribution >= 4 is 11.6 Å². The third-order valence-corrected chi connectivity index (χ3v) is 2.59. The van der Waals surface area contributed by atoms with Crippen molar-refractivity contribution in [3.05, 3.63) is 28.8 Å². The van der Waals surface area contributed by atoms with E-state index in [2.05, 4.69) is 0 Å². The lowest BCUT2D eigenvalue weighted by Crippen LogP contribution is -2.05. The minimum absolute atomic E-state index is 0.0269. The predicted octanol–water partition coefficient (Wildman–Crippen LogP) is 2.51. The Morgan fingerprint density at radius 3 is 2.75 bits per heavy atom. The van der Waals surface area contributed by atoms with Crippen LogP contribution in [-0.2, 0) is 0 Å². The van der Waals surface area contributed by atoms with E-state index in [-0.39, 0.29) is 12.6 Å². The maximum absolute atomic E-state index is 8.62. The van der Waals surface area contributed by atoms with E-state index in [0.717, 1.165) is 18.4 Å². The highest BCUT2D eigenvalue weighted by Gasteiger charge is 2.05. The van der Waals surface area contributed by atoms with Crippen LogP contribution in [0.1, 0.15) is 31.4 Å². The molecule has 0 aromatic heterocycles. The van der Waals surface area contributed by atoms with E-state index in [9.17, 15) is 0 Å². The van der Waals surface area contributed by atoms with Gasteiger partial charge in [-0.2, -0.15) is 0 Å². The van der Waals surface area contributed by atoms with Crippen molar-refractivity contribution in [2.24, 2.45) is 5.73 Å². The zero-order valence-corrected chi connectivity index (χ0v) is 10.2. The molecule has 3 N–H and O–H groups in total. The van der Waals surface area contributed by atoms with Gasteiger partial charge in [0.2, 0.25) is 0 Å². The Kier molecular flexibility index (Phi) is 5.60. The molecule has 0 heterocycles. The van der Waals surface area contributed by atoms with Crippen LogP contribution < -0.4 is 10.5 Å². The quantitative estimate of drug-likeness (QED) is 0.755. The molecule has 0 aliphatic rings. The van der Waals surface area contributed by atoms with E-state index < -0.39 is 0 Å². The van der Waals surface area contributed by atoms with Gasteiger partial charge in [-0.05, 0) is 37.5 Å². The molecular formula is C12H18ClNO2. The Labute approximate surface area is 101 Å². The third-order valence-electron chi connectivity index (χ3n) is 2.29. The second kappa shape index (κ2) is 6.74. The van der Waals surface area contributed by atoms with E-state index in [1.807, 2.05) is 25.1 Å². The minimum atomic E-state index is -0.0269. The molecule has 0 fully saturated rings. The molecule has 3 nitrogen and oxygen atoms in total. The van der Waals surface area contributed by atoms with E-state index in [1.54, 1.807) is 0 Å². The number of hydrogen-bond donors (Lipinski definition) is 2. The lowest BCUT2D eigenvalue weighted by Gasteiger charge is -2.10. The highest BCUT2D eigenvalue weighted by molar-refractivity contribution is 6.32. The zero-order chi connectivity index (χ0) is 12.0. The molecule has 1 rings (SSSR count). The molecule has 0 bridgehead atoms. The fraction of sp³-hybridized carbons (Fsp3) is 0.500. The first-order chi connectivity index (χ1) is 7.65. The molecule has 0 aliphatic heterocycles. The molecule has 0 aliphatic carbocycles. The Hall–Kier alpha value is -0.770. The second-order valence-electron chi connectivity index (χ2n) is 3.76. The van der Waals surface area contributed by atoms with E-state index in [4.69, 9.17) is 27.2 Å². The standard InChI is InChI=1S/C12H18ClNO2/c1-9(14)10-4-5-12(11(13)8-10)16-7-3-2-6-15/h4-5,8-9,15H,2-3,6-7,14H2,1H3/t9-/m0/s1. The number of aliphatic hydroxyl groups excluding tert-OH is 1. The zero-order valence-electron chi connectivity index (χ0n) is 9.45. The molecule has 16 heavy (non-hydrogen) atoms. The fourth-order valence-corrected chi connectivity index (χ4v) is 1.56. The van der Waals surface area contributed by atoms with E-state index in [1.165, 1.54) is 0 Å². The van der Waals surface area contributed by atoms with Crippen LogP contribution in [0.2, 0.25) is 5.02 Å². The summed E-state index contributed by atoms with van der Waals surface area (Å²) in [5, 5.41) is 9.20. The summed E-state index contributed by atoms with van der Waals surface area (Å²) in [7, 11) is 0. The summed E-state index contributed by atoms with van der Waals surface area (Å²) in [5.41, 5.74) is 6.74. The summed E-state index contributed by atoms with van der Waals surface area (Å²) in [6.45, 7) is 2.67. The Morgan fingerprint density at radius 1 is 1.44 bits per heavy atom. The maximum atomic E-state index is 8.62. The van der Waals surface area contributed by atoms with Gasteiger partial charge >= 0.3 is 0 Å². The van der Waals surface area contributed by atoms with Gasteiger partial charge in [-0.3, -0.25) is 0 Å². The molecule has 90 valence electrons. The summed E-state index contributed by atoms with van der Waals surface area (Å²) in [6, 6.07) is 5.55. The van der Waals surface area contributed by atoms with Crippen LogP contribution in [-0.4, -0.2) is 18.3 Å². The van der Waals surface area contributed by atoms with E-state index in [0.29, 0.717) is 17.4 Å². The van der Waals surface area contributed by atoms with Gasteiger partial charge in [-0.25, -0.2) is 0 Å². The SMILES string of the molecule is C[C@H](N)c1ccc(OCCCCO)c(Cl)c1. The number of halogens is 1. The molecule has 1 aromatic carbocycles. The summed E-state index contributed by atoms with van der Waals surface area (Å²) in [4.78, 5) is 0. The van der Waals surface area contributed by atoms with E-state index >= 15 is 0 Å². The topological polar surface area (TPSA) is 55.5 Å². The fourth-order valence-electron chi connectivity index (χ4n) is 1.31. The van der Waals surface area contributed by atoms with Crippen molar-refractivity contribution in [3.8, 4) is 5.75 Å². The van der Waals surface area contributed by atoms with Crippen LogP contribution >= 0.6 is 11.6 Å². The largest absolute Gasteiger partial charge is 0.492 e. The number of unbranched alkanes of at least 4 members (excludes halogenated alkanes) is 1. The van der Waals surface area contributed by atoms with Crippen LogP contribution in [0.5, 0.6) is 5.75 Å². The van der Waals surface area contributed by atoms with Gasteiger partial charge in [-0.1, -0.05) is 17.7 Å². The molecule has 0 spiro atoms. The first-order valence-electron chi connectivity index (χ1n) is 5.44. The van der Waals surface area contributed by atoms with Crippen LogP contribution in [0, 0.1) is 0 Å². The minimum Gasteiger partial charge on any atom is -0.492 e. The van der Waals surface area contributed by atoms with Crippen LogP contribution in [0.4, 0.5) is 0 Å². The third kappa shape index (κ3) is 4.00. The lowest BCUT2D eigenvalue weighted by atomic mass is 10.1. The van der Waals surface area contributed by atoms with Gasteiger partial charge in [0.15, 0.2) is 0 Å². The van der Waals surface area contributed by atoms with Gasteiger partial charge in [0, 0.05) is 12.6 Å². The second-order valence-corrected chi connectivity index (χ2v) is 4.16. The van der Waals surface area contributed by atoms with Crippen molar-refractivity contribution in [1.29, 1.82) is 0 Å². The van der Waals surface area contributed by atoms with Crippen molar-refractivity contribution in [3.63, 3.8) is 0 Å². The molecule has 0 radical (unpaired) electrons. The van der Waals surface area contributed by atoms with Gasteiger partial charge < -0.3 is 15.6 Å². The molecule has 0 saturated heterocycles. The maximum Gasteiger partial charge on any atom is 0.137 e. The number of rotatable bonds is 6. The van der Waals surface area contributed by atoms with Gasteiger partial charge in [0.25, 0.3) is 0 Å². The monoisotopic (exact) mass is 243 g/mol. The number of benzene rings is 1. The first-order valence-corrected chi connectivity index (χ1v) is 5.81. The molecular weight excluding hydrogens is 226 g/mol. The summed E-state index contributed by atoms with van der Waals surface area (Å²) >= 11 is 6.06. The Bertz CT molecular complexity index is 329. The summed E-state index contributed by atoms with van der Waals surface area (Å²) in [5.74, 6) is 0.670. The molecule has 0 saturated carbocycles. The Morgan fingerprint density at radius 2 is 2.19 bits per heavy atom. The molecule has 0 unspecified atom stereocenters. The van der Waals surface area contributed by atoms with Crippen molar-refractivity contribution < 1.29 is 9.84 Å². The number of hydrogen-bond acceptors (Lipinski definition) is 3. The van der Waals surface area contributed by atoms with Gasteiger partial charge in [-0.15, -0.1) is 0 Å². The number of ether oxygens (including phenoxy) is 1. The normalized spacial score (nSPS) is 12.5. The average molecular weight is 244 g/mol. The van der Waals surface area contributed by atoms with Crippen LogP contribution in [0.15, 0.2) is 18.2 Å². The Balaban J connectivity index is 2.54. The van der Waals surface area contributed by atoms with Crippen LogP contribution in [0.3, 0.4) is 0 Å². The van der Waals surface area contributed by atoms with Gasteiger partial charge in [0.1, 0.15) is 5.75 Å². The van der Waals surface area contributed by atoms with Gasteiger partial charge in [0.05, 0.1) is 11.6 Å². The highest BCUT2D eigenvalue weighted by atomic mass is 35.5. The van der Waals surface area contributed by atoms with Crippen LogP contribution in [0.25, 0.3) is 0 Å². The average Bonchev–Trinajstić information content (AvgIpc) is 2.26. The number of aliphatic hydroxyl groups is 1. The van der Waals surface area contributed by atoms with Crippen molar-refractivity contribution in [2.45, 2.75) is 25.8 Å². The highest BCUT2D eigenvalue weighted by Crippen LogP contribution is 2.27. The molecule has 4 heteroatoms. The molecule has 1 atom stereocenters. The number of nitrogens with two attached hydrogens (primary N) is 1. The smallest absolute Gasteiger partial charge is 0.137 e. The van der Waals surface area contributed by atoms with Crippen molar-refractivity contribution in [2.75, 3.05) is 13.2 Å². The molecule has 0 amide bonds. The summed E-state index contributed by atoms with van der Waals surface area (Å²) in [6.07, 6.45) is 1.57. The molecule has 1 aromatic rings.